The molecule has 1 atom stereocenters. The molecule has 1 aliphatic heterocycles. The standard InChI is InChI=1S/C22H33N5O.HI/c1-18-15-27(11-12-28-18)16-20-8-5-7-19(13-20)14-24-22(23-2)26(4)17-21-9-6-10-25(21)3;/h5-10,13,18H,11-12,14-17H2,1-4H3,(H,23,24);1H. The third-order valence-corrected chi connectivity index (χ3v) is 5.20. The van der Waals surface area contributed by atoms with Gasteiger partial charge in [-0.15, -0.1) is 24.0 Å². The van der Waals surface area contributed by atoms with Crippen LogP contribution in [0.1, 0.15) is 23.7 Å². The number of hydrogen-bond donors (Lipinski definition) is 1. The molecule has 3 rings (SSSR count). The maximum atomic E-state index is 5.64. The van der Waals surface area contributed by atoms with Gasteiger partial charge in [-0.3, -0.25) is 9.89 Å². The Balaban J connectivity index is 0.00000300. The van der Waals surface area contributed by atoms with Gasteiger partial charge in [-0.1, -0.05) is 24.3 Å². The van der Waals surface area contributed by atoms with Gasteiger partial charge in [-0.05, 0) is 30.2 Å². The van der Waals surface area contributed by atoms with Crippen molar-refractivity contribution in [3.63, 3.8) is 0 Å². The smallest absolute Gasteiger partial charge is 0.194 e. The minimum absolute atomic E-state index is 0. The first-order chi connectivity index (χ1) is 13.5. The van der Waals surface area contributed by atoms with Gasteiger partial charge >= 0.3 is 0 Å². The summed E-state index contributed by atoms with van der Waals surface area (Å²) >= 11 is 0. The van der Waals surface area contributed by atoms with Crippen LogP contribution in [0.15, 0.2) is 47.6 Å². The Bertz CT molecular complexity index is 791. The van der Waals surface area contributed by atoms with Gasteiger partial charge in [0.25, 0.3) is 0 Å². The summed E-state index contributed by atoms with van der Waals surface area (Å²) < 4.78 is 7.78. The Kier molecular flexibility index (Phi) is 9.45. The number of ether oxygens (including phenoxy) is 1. The molecule has 0 aliphatic carbocycles. The highest BCUT2D eigenvalue weighted by atomic mass is 127. The van der Waals surface area contributed by atoms with Crippen LogP contribution < -0.4 is 5.32 Å². The molecule has 1 aromatic carbocycles. The van der Waals surface area contributed by atoms with Crippen molar-refractivity contribution in [2.75, 3.05) is 33.8 Å². The number of morpholine rings is 1. The molecule has 1 aliphatic rings. The molecule has 2 heterocycles. The molecule has 1 fully saturated rings. The van der Waals surface area contributed by atoms with Gasteiger partial charge in [0.15, 0.2) is 5.96 Å². The van der Waals surface area contributed by atoms with E-state index in [-0.39, 0.29) is 24.0 Å². The number of nitrogens with zero attached hydrogens (tertiary/aromatic N) is 4. The minimum atomic E-state index is 0. The summed E-state index contributed by atoms with van der Waals surface area (Å²) in [4.78, 5) is 9.05. The van der Waals surface area contributed by atoms with Crippen molar-refractivity contribution in [1.82, 2.24) is 19.7 Å². The molecule has 1 N–H and O–H groups in total. The summed E-state index contributed by atoms with van der Waals surface area (Å²) in [5, 5.41) is 3.49. The normalized spacial score (nSPS) is 17.7. The number of aromatic nitrogens is 1. The van der Waals surface area contributed by atoms with E-state index < -0.39 is 0 Å². The molecular weight excluding hydrogens is 477 g/mol. The third-order valence-electron chi connectivity index (χ3n) is 5.20. The maximum Gasteiger partial charge on any atom is 0.194 e. The van der Waals surface area contributed by atoms with E-state index in [1.165, 1.54) is 16.8 Å². The number of aryl methyl sites for hydroxylation is 1. The SMILES string of the molecule is CN=C(NCc1cccc(CN2CCOC(C)C2)c1)N(C)Cc1cccn1C.I. The minimum Gasteiger partial charge on any atom is -0.376 e. The van der Waals surface area contributed by atoms with Crippen LogP contribution >= 0.6 is 24.0 Å². The van der Waals surface area contributed by atoms with E-state index in [2.05, 4.69) is 88.3 Å². The second-order valence-corrected chi connectivity index (χ2v) is 7.60. The van der Waals surface area contributed by atoms with Crippen molar-refractivity contribution in [2.24, 2.45) is 12.0 Å². The van der Waals surface area contributed by atoms with Crippen molar-refractivity contribution < 1.29 is 4.74 Å². The lowest BCUT2D eigenvalue weighted by atomic mass is 10.1. The van der Waals surface area contributed by atoms with Gasteiger partial charge in [0, 0.05) is 59.2 Å². The number of hydrogen-bond acceptors (Lipinski definition) is 3. The van der Waals surface area contributed by atoms with E-state index >= 15 is 0 Å². The summed E-state index contributed by atoms with van der Waals surface area (Å²) in [5.41, 5.74) is 3.87. The number of guanidine groups is 1. The summed E-state index contributed by atoms with van der Waals surface area (Å²) in [5.74, 6) is 0.897. The molecule has 0 saturated carbocycles. The van der Waals surface area contributed by atoms with Gasteiger partial charge in [0.05, 0.1) is 19.3 Å². The summed E-state index contributed by atoms with van der Waals surface area (Å²) in [6, 6.07) is 13.0. The van der Waals surface area contributed by atoms with E-state index in [1.54, 1.807) is 0 Å². The fraction of sp³-hybridized carbons (Fsp3) is 0.500. The second-order valence-electron chi connectivity index (χ2n) is 7.60. The highest BCUT2D eigenvalue weighted by molar-refractivity contribution is 14.0. The molecule has 1 unspecified atom stereocenters. The van der Waals surface area contributed by atoms with Gasteiger partial charge in [-0.2, -0.15) is 0 Å². The third kappa shape index (κ3) is 7.01. The number of nitrogens with one attached hydrogen (secondary N) is 1. The topological polar surface area (TPSA) is 45.0 Å². The first kappa shape index (κ1) is 23.7. The van der Waals surface area contributed by atoms with Crippen LogP contribution in [-0.2, 0) is 31.4 Å². The fourth-order valence-corrected chi connectivity index (χ4v) is 3.67. The maximum absolute atomic E-state index is 5.64. The lowest BCUT2D eigenvalue weighted by Gasteiger charge is -2.31. The average Bonchev–Trinajstić information content (AvgIpc) is 3.07. The van der Waals surface area contributed by atoms with Gasteiger partial charge in [0.2, 0.25) is 0 Å². The number of benzene rings is 1. The van der Waals surface area contributed by atoms with E-state index in [4.69, 9.17) is 4.74 Å². The number of aliphatic imine (C=N–C) groups is 1. The van der Waals surface area contributed by atoms with Gasteiger partial charge in [-0.25, -0.2) is 0 Å². The van der Waals surface area contributed by atoms with Crippen molar-refractivity contribution in [3.8, 4) is 0 Å². The molecule has 2 aromatic rings. The van der Waals surface area contributed by atoms with E-state index in [0.29, 0.717) is 6.10 Å². The van der Waals surface area contributed by atoms with Crippen LogP contribution in [0.25, 0.3) is 0 Å². The van der Waals surface area contributed by atoms with Gasteiger partial charge < -0.3 is 19.5 Å². The Morgan fingerprint density at radius 2 is 2.07 bits per heavy atom. The van der Waals surface area contributed by atoms with Crippen molar-refractivity contribution >= 4 is 29.9 Å². The quantitative estimate of drug-likeness (QED) is 0.368. The summed E-state index contributed by atoms with van der Waals surface area (Å²) in [6.07, 6.45) is 2.39. The molecule has 0 bridgehead atoms. The van der Waals surface area contributed by atoms with Crippen molar-refractivity contribution in [3.05, 3.63) is 59.4 Å². The molecule has 160 valence electrons. The van der Waals surface area contributed by atoms with Crippen LogP contribution in [-0.4, -0.2) is 60.2 Å². The number of halogens is 1. The lowest BCUT2D eigenvalue weighted by molar-refractivity contribution is -0.0212. The Labute approximate surface area is 192 Å². The lowest BCUT2D eigenvalue weighted by Crippen LogP contribution is -2.40. The highest BCUT2D eigenvalue weighted by Crippen LogP contribution is 2.12. The predicted molar refractivity (Wildman–Crippen MR) is 130 cm³/mol. The Morgan fingerprint density at radius 3 is 2.76 bits per heavy atom. The van der Waals surface area contributed by atoms with Crippen molar-refractivity contribution in [1.29, 1.82) is 0 Å². The van der Waals surface area contributed by atoms with Gasteiger partial charge in [0.1, 0.15) is 0 Å². The molecule has 1 saturated heterocycles. The largest absolute Gasteiger partial charge is 0.376 e. The molecule has 7 heteroatoms. The Hall–Kier alpha value is -1.58. The van der Waals surface area contributed by atoms with Crippen LogP contribution in [0.2, 0.25) is 0 Å². The summed E-state index contributed by atoms with van der Waals surface area (Å²) in [6.45, 7) is 7.53. The second kappa shape index (κ2) is 11.6. The molecule has 0 radical (unpaired) electrons. The van der Waals surface area contributed by atoms with E-state index in [9.17, 15) is 0 Å². The fourth-order valence-electron chi connectivity index (χ4n) is 3.67. The molecule has 1 aromatic heterocycles. The molecule has 29 heavy (non-hydrogen) atoms. The van der Waals surface area contributed by atoms with Crippen LogP contribution in [0, 0.1) is 0 Å². The first-order valence-electron chi connectivity index (χ1n) is 9.99. The zero-order valence-corrected chi connectivity index (χ0v) is 20.3. The first-order valence-corrected chi connectivity index (χ1v) is 9.99. The highest BCUT2D eigenvalue weighted by Gasteiger charge is 2.16. The van der Waals surface area contributed by atoms with E-state index in [0.717, 1.165) is 45.3 Å². The zero-order chi connectivity index (χ0) is 19.9. The van der Waals surface area contributed by atoms with Crippen LogP contribution in [0.3, 0.4) is 0 Å². The van der Waals surface area contributed by atoms with Crippen LogP contribution in [0.4, 0.5) is 0 Å². The number of rotatable bonds is 6. The predicted octanol–water partition coefficient (Wildman–Crippen LogP) is 3.07. The zero-order valence-electron chi connectivity index (χ0n) is 18.0. The molecule has 0 amide bonds. The van der Waals surface area contributed by atoms with Crippen molar-refractivity contribution in [2.45, 2.75) is 32.7 Å². The molecular formula is C22H34IN5O. The van der Waals surface area contributed by atoms with Crippen LogP contribution in [0.5, 0.6) is 0 Å². The molecule has 0 spiro atoms. The monoisotopic (exact) mass is 511 g/mol. The molecule has 6 nitrogen and oxygen atoms in total. The average molecular weight is 511 g/mol. The Morgan fingerprint density at radius 1 is 1.28 bits per heavy atom. The van der Waals surface area contributed by atoms with E-state index in [1.807, 2.05) is 7.05 Å². The summed E-state index contributed by atoms with van der Waals surface area (Å²) in [7, 11) is 5.97.